The molecule has 0 amide bonds. The Balaban J connectivity index is 1.90. The largest absolute Gasteiger partial charge is 0.496 e. The first kappa shape index (κ1) is 16.4. The molecule has 2 aromatic rings. The monoisotopic (exact) mass is 299 g/mol. The molecule has 0 fully saturated rings. The minimum absolute atomic E-state index is 0.867. The summed E-state index contributed by atoms with van der Waals surface area (Å²) >= 11 is 0. The van der Waals surface area contributed by atoms with Crippen molar-refractivity contribution in [1.29, 1.82) is 0 Å². The molecule has 0 unspecified atom stereocenters. The van der Waals surface area contributed by atoms with E-state index in [0.717, 1.165) is 31.0 Å². The molecule has 2 rings (SSSR count). The van der Waals surface area contributed by atoms with E-state index in [0.29, 0.717) is 0 Å². The van der Waals surface area contributed by atoms with E-state index in [1.54, 1.807) is 14.2 Å². The summed E-state index contributed by atoms with van der Waals surface area (Å²) in [6.45, 7) is 5.99. The maximum atomic E-state index is 5.38. The Hall–Kier alpha value is -2.00. The number of hydrogen-bond donors (Lipinski definition) is 1. The number of methoxy groups -OCH3 is 2. The molecular weight excluding hydrogens is 274 g/mol. The van der Waals surface area contributed by atoms with Crippen molar-refractivity contribution in [2.24, 2.45) is 0 Å². The average Bonchev–Trinajstić information content (AvgIpc) is 2.54. The van der Waals surface area contributed by atoms with E-state index >= 15 is 0 Å². The summed E-state index contributed by atoms with van der Waals surface area (Å²) in [6.07, 6.45) is 0.957. The fourth-order valence-corrected chi connectivity index (χ4v) is 2.62. The third-order valence-electron chi connectivity index (χ3n) is 3.93. The second-order valence-electron chi connectivity index (χ2n) is 5.49. The summed E-state index contributed by atoms with van der Waals surface area (Å²) in [4.78, 5) is 0. The summed E-state index contributed by atoms with van der Waals surface area (Å²) in [5.41, 5.74) is 4.99. The number of aryl methyl sites for hydroxylation is 2. The van der Waals surface area contributed by atoms with Gasteiger partial charge in [-0.15, -0.1) is 0 Å². The first-order valence-electron chi connectivity index (χ1n) is 7.62. The normalized spacial score (nSPS) is 10.5. The zero-order valence-corrected chi connectivity index (χ0v) is 13.9. The number of nitrogens with one attached hydrogen (secondary N) is 1. The van der Waals surface area contributed by atoms with Gasteiger partial charge in [-0.3, -0.25) is 0 Å². The molecular formula is C19H25NO2. The van der Waals surface area contributed by atoms with E-state index in [1.807, 2.05) is 12.1 Å². The molecule has 1 N–H and O–H groups in total. The SMILES string of the molecule is COc1cc(C)c(CNCCc2ccccc2OC)cc1C. The molecule has 0 aromatic heterocycles. The Labute approximate surface area is 133 Å². The molecule has 0 aliphatic carbocycles. The lowest BCUT2D eigenvalue weighted by Gasteiger charge is -2.13. The van der Waals surface area contributed by atoms with Crippen LogP contribution in [0, 0.1) is 13.8 Å². The van der Waals surface area contributed by atoms with Crippen LogP contribution in [0.1, 0.15) is 22.3 Å². The van der Waals surface area contributed by atoms with Crippen LogP contribution >= 0.6 is 0 Å². The Kier molecular flexibility index (Phi) is 5.84. The van der Waals surface area contributed by atoms with Crippen molar-refractivity contribution in [3.05, 3.63) is 58.7 Å². The van der Waals surface area contributed by atoms with Crippen molar-refractivity contribution in [2.45, 2.75) is 26.8 Å². The molecule has 0 radical (unpaired) electrons. The van der Waals surface area contributed by atoms with Crippen LogP contribution in [0.5, 0.6) is 11.5 Å². The van der Waals surface area contributed by atoms with E-state index in [9.17, 15) is 0 Å². The fourth-order valence-electron chi connectivity index (χ4n) is 2.62. The van der Waals surface area contributed by atoms with E-state index in [-0.39, 0.29) is 0 Å². The molecule has 0 aliphatic rings. The summed E-state index contributed by atoms with van der Waals surface area (Å²) < 4.78 is 10.7. The van der Waals surface area contributed by atoms with Gasteiger partial charge in [0.05, 0.1) is 14.2 Å². The van der Waals surface area contributed by atoms with Crippen LogP contribution in [0.2, 0.25) is 0 Å². The maximum absolute atomic E-state index is 5.38. The first-order valence-corrected chi connectivity index (χ1v) is 7.62. The van der Waals surface area contributed by atoms with E-state index in [4.69, 9.17) is 9.47 Å². The second kappa shape index (κ2) is 7.85. The predicted octanol–water partition coefficient (Wildman–Crippen LogP) is 3.65. The maximum Gasteiger partial charge on any atom is 0.122 e. The first-order chi connectivity index (χ1) is 10.7. The Morgan fingerprint density at radius 3 is 2.32 bits per heavy atom. The zero-order chi connectivity index (χ0) is 15.9. The van der Waals surface area contributed by atoms with Crippen LogP contribution < -0.4 is 14.8 Å². The van der Waals surface area contributed by atoms with Gasteiger partial charge in [0.1, 0.15) is 11.5 Å². The van der Waals surface area contributed by atoms with Gasteiger partial charge in [0, 0.05) is 6.54 Å². The highest BCUT2D eigenvalue weighted by atomic mass is 16.5. The third kappa shape index (κ3) is 4.01. The zero-order valence-electron chi connectivity index (χ0n) is 13.9. The predicted molar refractivity (Wildman–Crippen MR) is 90.9 cm³/mol. The van der Waals surface area contributed by atoms with Gasteiger partial charge in [-0.1, -0.05) is 24.3 Å². The van der Waals surface area contributed by atoms with Gasteiger partial charge in [0.25, 0.3) is 0 Å². The lowest BCUT2D eigenvalue weighted by atomic mass is 10.0. The van der Waals surface area contributed by atoms with Crippen LogP contribution in [-0.4, -0.2) is 20.8 Å². The van der Waals surface area contributed by atoms with Crippen LogP contribution in [0.3, 0.4) is 0 Å². The topological polar surface area (TPSA) is 30.5 Å². The lowest BCUT2D eigenvalue weighted by Crippen LogP contribution is -2.17. The summed E-state index contributed by atoms with van der Waals surface area (Å²) in [5, 5.41) is 3.51. The van der Waals surface area contributed by atoms with Crippen molar-refractivity contribution >= 4 is 0 Å². The minimum Gasteiger partial charge on any atom is -0.496 e. The van der Waals surface area contributed by atoms with Gasteiger partial charge < -0.3 is 14.8 Å². The van der Waals surface area contributed by atoms with Gasteiger partial charge >= 0.3 is 0 Å². The highest BCUT2D eigenvalue weighted by Crippen LogP contribution is 2.22. The van der Waals surface area contributed by atoms with Gasteiger partial charge in [0.2, 0.25) is 0 Å². The molecule has 0 saturated carbocycles. The molecule has 0 aliphatic heterocycles. The van der Waals surface area contributed by atoms with Crippen molar-refractivity contribution in [3.63, 3.8) is 0 Å². The van der Waals surface area contributed by atoms with E-state index < -0.39 is 0 Å². The summed E-state index contributed by atoms with van der Waals surface area (Å²) in [6, 6.07) is 12.5. The van der Waals surface area contributed by atoms with Gasteiger partial charge in [-0.2, -0.15) is 0 Å². The molecule has 0 heterocycles. The minimum atomic E-state index is 0.867. The van der Waals surface area contributed by atoms with Crippen LogP contribution in [-0.2, 0) is 13.0 Å². The average molecular weight is 299 g/mol. The Morgan fingerprint density at radius 2 is 1.59 bits per heavy atom. The summed E-state index contributed by atoms with van der Waals surface area (Å²) in [5.74, 6) is 1.91. The van der Waals surface area contributed by atoms with Gasteiger partial charge in [-0.05, 0) is 61.2 Å². The highest BCUT2D eigenvalue weighted by Gasteiger charge is 2.05. The van der Waals surface area contributed by atoms with Crippen molar-refractivity contribution < 1.29 is 9.47 Å². The number of hydrogen-bond acceptors (Lipinski definition) is 3. The lowest BCUT2D eigenvalue weighted by molar-refractivity contribution is 0.409. The molecule has 0 atom stereocenters. The standard InChI is InChI=1S/C19H25NO2/c1-14-12-19(22-4)15(2)11-17(14)13-20-10-9-16-7-5-6-8-18(16)21-3/h5-8,11-12,20H,9-10,13H2,1-4H3. The third-order valence-corrected chi connectivity index (χ3v) is 3.93. The van der Waals surface area contributed by atoms with Crippen molar-refractivity contribution in [2.75, 3.05) is 20.8 Å². The van der Waals surface area contributed by atoms with Gasteiger partial charge in [-0.25, -0.2) is 0 Å². The highest BCUT2D eigenvalue weighted by molar-refractivity contribution is 5.41. The smallest absolute Gasteiger partial charge is 0.122 e. The number of ether oxygens (including phenoxy) is 2. The molecule has 0 saturated heterocycles. The van der Waals surface area contributed by atoms with Crippen molar-refractivity contribution in [1.82, 2.24) is 5.32 Å². The van der Waals surface area contributed by atoms with Crippen molar-refractivity contribution in [3.8, 4) is 11.5 Å². The fraction of sp³-hybridized carbons (Fsp3) is 0.368. The molecule has 3 heteroatoms. The number of rotatable bonds is 7. The quantitative estimate of drug-likeness (QED) is 0.792. The van der Waals surface area contributed by atoms with E-state index in [1.165, 1.54) is 22.3 Å². The van der Waals surface area contributed by atoms with Crippen LogP contribution in [0.25, 0.3) is 0 Å². The van der Waals surface area contributed by atoms with E-state index in [2.05, 4.69) is 43.4 Å². The Bertz CT molecular complexity index is 623. The van der Waals surface area contributed by atoms with Crippen LogP contribution in [0.4, 0.5) is 0 Å². The number of para-hydroxylation sites is 1. The van der Waals surface area contributed by atoms with Crippen LogP contribution in [0.15, 0.2) is 36.4 Å². The van der Waals surface area contributed by atoms with Gasteiger partial charge in [0.15, 0.2) is 0 Å². The number of benzene rings is 2. The second-order valence-corrected chi connectivity index (χ2v) is 5.49. The Morgan fingerprint density at radius 1 is 0.864 bits per heavy atom. The molecule has 22 heavy (non-hydrogen) atoms. The molecule has 2 aromatic carbocycles. The summed E-state index contributed by atoms with van der Waals surface area (Å²) in [7, 11) is 3.43. The molecule has 118 valence electrons. The molecule has 0 spiro atoms. The molecule has 3 nitrogen and oxygen atoms in total. The molecule has 0 bridgehead atoms.